The largest absolute Gasteiger partial charge is 0.481 e. The second kappa shape index (κ2) is 7.66. The Balaban J connectivity index is 1.92. The van der Waals surface area contributed by atoms with E-state index in [0.29, 0.717) is 0 Å². The minimum atomic E-state index is -0.692. The first-order valence-corrected chi connectivity index (χ1v) is 6.61. The molecule has 0 spiro atoms. The van der Waals surface area contributed by atoms with Crippen LogP contribution >= 0.6 is 0 Å². The molecule has 0 aromatic carbocycles. The lowest BCUT2D eigenvalue weighted by atomic mass is 9.81. The Labute approximate surface area is 98.6 Å². The quantitative estimate of drug-likeness (QED) is 0.657. The number of carboxylic acids is 1. The second-order valence-electron chi connectivity index (χ2n) is 5.17. The number of nitrogens with one attached hydrogen (secondary N) is 1. The number of hydrogen-bond acceptors (Lipinski definition) is 2. The summed E-state index contributed by atoms with van der Waals surface area (Å²) in [7, 11) is 0. The van der Waals surface area contributed by atoms with Gasteiger partial charge in [0.2, 0.25) is 0 Å². The minimum absolute atomic E-state index is 0.285. The summed E-state index contributed by atoms with van der Waals surface area (Å²) in [5.41, 5.74) is 0. The van der Waals surface area contributed by atoms with Crippen molar-refractivity contribution in [3.63, 3.8) is 0 Å². The van der Waals surface area contributed by atoms with Crippen LogP contribution in [0.1, 0.15) is 51.9 Å². The standard InChI is InChI=1S/C13H25NO2/c1-11-4-2-5-12(10-11)7-9-14-8-3-6-13(15)16/h11-12,14H,2-10H2,1H3,(H,15,16). The fourth-order valence-electron chi connectivity index (χ4n) is 2.62. The van der Waals surface area contributed by atoms with Crippen LogP contribution in [-0.4, -0.2) is 24.2 Å². The molecule has 3 heteroatoms. The predicted octanol–water partition coefficient (Wildman–Crippen LogP) is 2.66. The number of carbonyl (C=O) groups is 1. The van der Waals surface area contributed by atoms with Gasteiger partial charge >= 0.3 is 5.97 Å². The van der Waals surface area contributed by atoms with Crippen molar-refractivity contribution in [3.05, 3.63) is 0 Å². The Bertz CT molecular complexity index is 206. The molecular formula is C13H25NO2. The van der Waals surface area contributed by atoms with Crippen molar-refractivity contribution < 1.29 is 9.90 Å². The number of hydrogen-bond donors (Lipinski definition) is 2. The minimum Gasteiger partial charge on any atom is -0.481 e. The first kappa shape index (κ1) is 13.5. The third kappa shape index (κ3) is 6.11. The highest BCUT2D eigenvalue weighted by molar-refractivity contribution is 5.66. The van der Waals surface area contributed by atoms with E-state index in [2.05, 4.69) is 12.2 Å². The summed E-state index contributed by atoms with van der Waals surface area (Å²) in [5.74, 6) is 1.12. The molecule has 0 heterocycles. The van der Waals surface area contributed by atoms with Crippen LogP contribution in [0.2, 0.25) is 0 Å². The second-order valence-corrected chi connectivity index (χ2v) is 5.17. The van der Waals surface area contributed by atoms with Gasteiger partial charge in [0.15, 0.2) is 0 Å². The lowest BCUT2D eigenvalue weighted by molar-refractivity contribution is -0.137. The molecule has 0 radical (unpaired) electrons. The summed E-state index contributed by atoms with van der Waals surface area (Å²) in [4.78, 5) is 10.3. The summed E-state index contributed by atoms with van der Waals surface area (Å²) >= 11 is 0. The van der Waals surface area contributed by atoms with Gasteiger partial charge < -0.3 is 10.4 Å². The summed E-state index contributed by atoms with van der Waals surface area (Å²) in [6, 6.07) is 0. The van der Waals surface area contributed by atoms with Crippen LogP contribution in [0.5, 0.6) is 0 Å². The van der Waals surface area contributed by atoms with Crippen LogP contribution < -0.4 is 5.32 Å². The molecule has 3 nitrogen and oxygen atoms in total. The van der Waals surface area contributed by atoms with Gasteiger partial charge in [-0.3, -0.25) is 4.79 Å². The summed E-state index contributed by atoms with van der Waals surface area (Å²) < 4.78 is 0. The molecule has 1 rings (SSSR count). The van der Waals surface area contributed by atoms with Crippen molar-refractivity contribution in [1.29, 1.82) is 0 Å². The maximum absolute atomic E-state index is 10.3. The van der Waals surface area contributed by atoms with E-state index < -0.39 is 5.97 Å². The van der Waals surface area contributed by atoms with E-state index in [9.17, 15) is 4.79 Å². The van der Waals surface area contributed by atoms with Crippen LogP contribution in [0.15, 0.2) is 0 Å². The van der Waals surface area contributed by atoms with Crippen molar-refractivity contribution in [2.75, 3.05) is 13.1 Å². The van der Waals surface area contributed by atoms with Crippen LogP contribution in [0.4, 0.5) is 0 Å². The van der Waals surface area contributed by atoms with E-state index in [0.717, 1.165) is 31.3 Å². The van der Waals surface area contributed by atoms with E-state index in [1.165, 1.54) is 32.1 Å². The topological polar surface area (TPSA) is 49.3 Å². The van der Waals surface area contributed by atoms with Gasteiger partial charge in [0.1, 0.15) is 0 Å². The maximum atomic E-state index is 10.3. The molecule has 1 fully saturated rings. The highest BCUT2D eigenvalue weighted by Gasteiger charge is 2.17. The average molecular weight is 227 g/mol. The highest BCUT2D eigenvalue weighted by Crippen LogP contribution is 2.30. The van der Waals surface area contributed by atoms with E-state index in [1.807, 2.05) is 0 Å². The van der Waals surface area contributed by atoms with E-state index in [4.69, 9.17) is 5.11 Å². The highest BCUT2D eigenvalue weighted by atomic mass is 16.4. The average Bonchev–Trinajstić information content (AvgIpc) is 2.23. The summed E-state index contributed by atoms with van der Waals surface area (Å²) in [6.45, 7) is 4.25. The first-order chi connectivity index (χ1) is 7.68. The lowest BCUT2D eigenvalue weighted by Gasteiger charge is -2.26. The third-order valence-electron chi connectivity index (χ3n) is 3.52. The maximum Gasteiger partial charge on any atom is 0.303 e. The molecule has 0 bridgehead atoms. The molecule has 2 unspecified atom stereocenters. The number of rotatable bonds is 7. The van der Waals surface area contributed by atoms with E-state index >= 15 is 0 Å². The summed E-state index contributed by atoms with van der Waals surface area (Å²) in [6.07, 6.45) is 7.87. The Morgan fingerprint density at radius 2 is 2.19 bits per heavy atom. The van der Waals surface area contributed by atoms with Crippen molar-refractivity contribution in [2.45, 2.75) is 51.9 Å². The normalized spacial score (nSPS) is 25.6. The molecule has 0 aromatic heterocycles. The monoisotopic (exact) mass is 227 g/mol. The Kier molecular flexibility index (Phi) is 6.46. The van der Waals surface area contributed by atoms with Gasteiger partial charge in [0.25, 0.3) is 0 Å². The van der Waals surface area contributed by atoms with Crippen molar-refractivity contribution in [1.82, 2.24) is 5.32 Å². The molecule has 0 saturated heterocycles. The van der Waals surface area contributed by atoms with Gasteiger partial charge in [-0.1, -0.05) is 26.2 Å². The smallest absolute Gasteiger partial charge is 0.303 e. The van der Waals surface area contributed by atoms with Gasteiger partial charge in [0.05, 0.1) is 0 Å². The zero-order valence-electron chi connectivity index (χ0n) is 10.4. The van der Waals surface area contributed by atoms with Gasteiger partial charge in [-0.25, -0.2) is 0 Å². The fourth-order valence-corrected chi connectivity index (χ4v) is 2.62. The molecule has 16 heavy (non-hydrogen) atoms. The Hall–Kier alpha value is -0.570. The molecule has 0 aromatic rings. The van der Waals surface area contributed by atoms with Crippen LogP contribution in [0.3, 0.4) is 0 Å². The van der Waals surface area contributed by atoms with Gasteiger partial charge in [-0.2, -0.15) is 0 Å². The number of aliphatic carboxylic acids is 1. The molecule has 2 atom stereocenters. The molecule has 94 valence electrons. The third-order valence-corrected chi connectivity index (χ3v) is 3.52. The molecule has 1 aliphatic rings. The van der Waals surface area contributed by atoms with Gasteiger partial charge in [-0.05, 0) is 44.2 Å². The fraction of sp³-hybridized carbons (Fsp3) is 0.923. The molecule has 0 amide bonds. The molecule has 0 aliphatic heterocycles. The zero-order chi connectivity index (χ0) is 11.8. The molecule has 2 N–H and O–H groups in total. The SMILES string of the molecule is CC1CCCC(CCNCCCC(=O)O)C1. The first-order valence-electron chi connectivity index (χ1n) is 6.61. The molecular weight excluding hydrogens is 202 g/mol. The molecule has 1 aliphatic carbocycles. The van der Waals surface area contributed by atoms with Gasteiger partial charge in [-0.15, -0.1) is 0 Å². The van der Waals surface area contributed by atoms with Crippen LogP contribution in [-0.2, 0) is 4.79 Å². The Morgan fingerprint density at radius 3 is 2.88 bits per heavy atom. The van der Waals surface area contributed by atoms with Crippen molar-refractivity contribution in [3.8, 4) is 0 Å². The van der Waals surface area contributed by atoms with E-state index in [-0.39, 0.29) is 6.42 Å². The number of carboxylic acid groups (broad SMARTS) is 1. The lowest BCUT2D eigenvalue weighted by Crippen LogP contribution is -2.22. The van der Waals surface area contributed by atoms with Crippen LogP contribution in [0.25, 0.3) is 0 Å². The zero-order valence-corrected chi connectivity index (χ0v) is 10.4. The summed E-state index contributed by atoms with van der Waals surface area (Å²) in [5, 5.41) is 11.8. The predicted molar refractivity (Wildman–Crippen MR) is 65.5 cm³/mol. The van der Waals surface area contributed by atoms with Crippen molar-refractivity contribution >= 4 is 5.97 Å². The van der Waals surface area contributed by atoms with E-state index in [1.54, 1.807) is 0 Å². The van der Waals surface area contributed by atoms with Crippen LogP contribution in [0, 0.1) is 11.8 Å². The van der Waals surface area contributed by atoms with Crippen molar-refractivity contribution in [2.24, 2.45) is 11.8 Å². The van der Waals surface area contributed by atoms with Gasteiger partial charge in [0, 0.05) is 6.42 Å². The molecule has 1 saturated carbocycles. The Morgan fingerprint density at radius 1 is 1.38 bits per heavy atom.